The van der Waals surface area contributed by atoms with E-state index in [-0.39, 0.29) is 0 Å². The van der Waals surface area contributed by atoms with Gasteiger partial charge in [0.25, 0.3) is 0 Å². The second-order valence-corrected chi connectivity index (χ2v) is 4.12. The van der Waals surface area contributed by atoms with E-state index in [9.17, 15) is 4.79 Å². The number of rotatable bonds is 2. The number of hydrogen-bond acceptors (Lipinski definition) is 3. The highest BCUT2D eigenvalue weighted by Gasteiger charge is 2.17. The number of benzene rings is 1. The molecule has 0 fully saturated rings. The predicted molar refractivity (Wildman–Crippen MR) is 65.3 cm³/mol. The van der Waals surface area contributed by atoms with Crippen LogP contribution in [0.15, 0.2) is 18.2 Å². The Morgan fingerprint density at radius 2 is 2.35 bits per heavy atom. The average Bonchev–Trinajstić information content (AvgIpc) is 2.27. The number of fused-ring (bicyclic) bond motifs is 1. The van der Waals surface area contributed by atoms with E-state index in [1.165, 1.54) is 7.11 Å². The molecular formula is C12H12ClNO3. The summed E-state index contributed by atoms with van der Waals surface area (Å²) in [4.78, 5) is 10.7. The van der Waals surface area contributed by atoms with Gasteiger partial charge in [-0.25, -0.2) is 4.79 Å². The van der Waals surface area contributed by atoms with E-state index >= 15 is 0 Å². The predicted octanol–water partition coefficient (Wildman–Crippen LogP) is 1.92. The van der Waals surface area contributed by atoms with E-state index < -0.39 is 5.97 Å². The summed E-state index contributed by atoms with van der Waals surface area (Å²) in [7, 11) is 1.53. The quantitative estimate of drug-likeness (QED) is 0.791. The third-order valence-corrected chi connectivity index (χ3v) is 2.94. The summed E-state index contributed by atoms with van der Waals surface area (Å²) in [6.45, 7) is 0.703. The molecule has 1 aromatic carbocycles. The molecule has 0 aliphatic carbocycles. The van der Waals surface area contributed by atoms with Crippen LogP contribution in [0.1, 0.15) is 11.1 Å². The number of carboxylic acid groups (broad SMARTS) is 1. The zero-order valence-corrected chi connectivity index (χ0v) is 10.0. The zero-order valence-electron chi connectivity index (χ0n) is 9.29. The molecular weight excluding hydrogens is 242 g/mol. The number of halogens is 1. The lowest BCUT2D eigenvalue weighted by Gasteiger charge is -2.22. The molecule has 0 saturated heterocycles. The van der Waals surface area contributed by atoms with Crippen LogP contribution in [0.5, 0.6) is 5.75 Å². The van der Waals surface area contributed by atoms with Crippen molar-refractivity contribution in [1.29, 1.82) is 0 Å². The summed E-state index contributed by atoms with van der Waals surface area (Å²) in [5.74, 6) is -0.431. The molecule has 0 unspecified atom stereocenters. The van der Waals surface area contributed by atoms with E-state index in [0.29, 0.717) is 23.0 Å². The van der Waals surface area contributed by atoms with Crippen LogP contribution < -0.4 is 10.1 Å². The van der Waals surface area contributed by atoms with Crippen molar-refractivity contribution in [1.82, 2.24) is 5.32 Å². The van der Waals surface area contributed by atoms with Crippen molar-refractivity contribution in [2.24, 2.45) is 0 Å². The lowest BCUT2D eigenvalue weighted by Crippen LogP contribution is -2.23. The van der Waals surface area contributed by atoms with Crippen molar-refractivity contribution in [2.45, 2.75) is 6.42 Å². The maximum atomic E-state index is 10.7. The number of carboxylic acids is 1. The minimum atomic E-state index is -0.978. The van der Waals surface area contributed by atoms with E-state index in [0.717, 1.165) is 23.6 Å². The minimum Gasteiger partial charge on any atom is -0.495 e. The lowest BCUT2D eigenvalue weighted by molar-refractivity contribution is -0.131. The summed E-state index contributed by atoms with van der Waals surface area (Å²) in [6.07, 6.45) is 1.97. The van der Waals surface area contributed by atoms with Crippen LogP contribution in [0, 0.1) is 0 Å². The van der Waals surface area contributed by atoms with Crippen LogP contribution >= 0.6 is 11.6 Å². The van der Waals surface area contributed by atoms with Gasteiger partial charge in [-0.2, -0.15) is 0 Å². The molecule has 4 nitrogen and oxygen atoms in total. The molecule has 0 amide bonds. The van der Waals surface area contributed by atoms with Crippen LogP contribution in [0.3, 0.4) is 0 Å². The molecule has 0 spiro atoms. The summed E-state index contributed by atoms with van der Waals surface area (Å²) in [5, 5.41) is 12.4. The largest absolute Gasteiger partial charge is 0.495 e. The Morgan fingerprint density at radius 3 is 3.00 bits per heavy atom. The molecule has 2 N–H and O–H groups in total. The van der Waals surface area contributed by atoms with E-state index in [2.05, 4.69) is 5.32 Å². The first-order valence-corrected chi connectivity index (χ1v) is 5.55. The fourth-order valence-corrected chi connectivity index (χ4v) is 2.15. The van der Waals surface area contributed by atoms with Crippen LogP contribution in [-0.2, 0) is 11.2 Å². The number of aliphatic carboxylic acids is 1. The third kappa shape index (κ3) is 2.36. The molecule has 0 atom stereocenters. The Bertz CT molecular complexity index is 497. The maximum Gasteiger partial charge on any atom is 0.330 e. The molecule has 1 aromatic rings. The molecule has 0 radical (unpaired) electrons. The van der Waals surface area contributed by atoms with Crippen molar-refractivity contribution in [2.75, 3.05) is 13.7 Å². The van der Waals surface area contributed by atoms with Crippen molar-refractivity contribution in [3.05, 3.63) is 34.4 Å². The molecule has 17 heavy (non-hydrogen) atoms. The van der Waals surface area contributed by atoms with Crippen molar-refractivity contribution >= 4 is 23.3 Å². The number of carbonyl (C=O) groups is 1. The van der Waals surface area contributed by atoms with Crippen molar-refractivity contribution < 1.29 is 14.6 Å². The topological polar surface area (TPSA) is 58.6 Å². The Kier molecular flexibility index (Phi) is 3.24. The first-order valence-electron chi connectivity index (χ1n) is 5.17. The molecule has 0 aromatic heterocycles. The van der Waals surface area contributed by atoms with Crippen LogP contribution in [0.25, 0.3) is 5.70 Å². The second-order valence-electron chi connectivity index (χ2n) is 3.72. The lowest BCUT2D eigenvalue weighted by atomic mass is 9.97. The van der Waals surface area contributed by atoms with Gasteiger partial charge in [0.05, 0.1) is 12.1 Å². The number of ether oxygens (including phenoxy) is 1. The SMILES string of the molecule is COc1cc2c(cc1Cl)CCNC2=CC(=O)O. The van der Waals surface area contributed by atoms with Gasteiger partial charge in [-0.15, -0.1) is 0 Å². The summed E-state index contributed by atoms with van der Waals surface area (Å²) >= 11 is 6.03. The highest BCUT2D eigenvalue weighted by molar-refractivity contribution is 6.32. The molecule has 90 valence electrons. The molecule has 2 rings (SSSR count). The average molecular weight is 254 g/mol. The van der Waals surface area contributed by atoms with Gasteiger partial charge in [-0.05, 0) is 24.1 Å². The normalized spacial score (nSPS) is 16.2. The zero-order chi connectivity index (χ0) is 12.4. The number of methoxy groups -OCH3 is 1. The maximum absolute atomic E-state index is 10.7. The standard InChI is InChI=1S/C12H12ClNO3/c1-17-11-5-8-7(4-9(11)13)2-3-14-10(8)6-12(15)16/h4-6,14H,2-3H2,1H3,(H,15,16). The Morgan fingerprint density at radius 1 is 1.59 bits per heavy atom. The number of hydrogen-bond donors (Lipinski definition) is 2. The molecule has 1 heterocycles. The third-order valence-electron chi connectivity index (χ3n) is 2.65. The number of nitrogens with one attached hydrogen (secondary N) is 1. The summed E-state index contributed by atoms with van der Waals surface area (Å²) < 4.78 is 5.13. The molecule has 5 heteroatoms. The van der Waals surface area contributed by atoms with Crippen LogP contribution in [0.2, 0.25) is 5.02 Å². The molecule has 0 saturated carbocycles. The van der Waals surface area contributed by atoms with Gasteiger partial charge in [0, 0.05) is 23.9 Å². The van der Waals surface area contributed by atoms with Gasteiger partial charge in [0.2, 0.25) is 0 Å². The van der Waals surface area contributed by atoms with Gasteiger partial charge in [-0.1, -0.05) is 11.6 Å². The first kappa shape index (κ1) is 11.8. The minimum absolute atomic E-state index is 0.544. The van der Waals surface area contributed by atoms with E-state index in [1.54, 1.807) is 6.07 Å². The molecule has 1 aliphatic heterocycles. The van der Waals surface area contributed by atoms with Crippen LogP contribution in [-0.4, -0.2) is 24.7 Å². The van der Waals surface area contributed by atoms with Gasteiger partial charge < -0.3 is 15.2 Å². The Labute approximate surface area is 104 Å². The van der Waals surface area contributed by atoms with Crippen LogP contribution in [0.4, 0.5) is 0 Å². The highest BCUT2D eigenvalue weighted by Crippen LogP contribution is 2.32. The molecule has 0 bridgehead atoms. The molecule has 1 aliphatic rings. The Hall–Kier alpha value is -1.68. The van der Waals surface area contributed by atoms with Crippen molar-refractivity contribution in [3.63, 3.8) is 0 Å². The van der Waals surface area contributed by atoms with Gasteiger partial charge in [0.1, 0.15) is 5.75 Å². The van der Waals surface area contributed by atoms with Crippen molar-refractivity contribution in [3.8, 4) is 5.75 Å². The first-order chi connectivity index (χ1) is 8.11. The van der Waals surface area contributed by atoms with Gasteiger partial charge >= 0.3 is 5.97 Å². The Balaban J connectivity index is 2.53. The van der Waals surface area contributed by atoms with Gasteiger partial charge in [0.15, 0.2) is 0 Å². The summed E-state index contributed by atoms with van der Waals surface area (Å²) in [6, 6.07) is 3.59. The smallest absolute Gasteiger partial charge is 0.330 e. The van der Waals surface area contributed by atoms with E-state index in [4.69, 9.17) is 21.4 Å². The second kappa shape index (κ2) is 4.67. The summed E-state index contributed by atoms with van der Waals surface area (Å²) in [5.41, 5.74) is 2.45. The fourth-order valence-electron chi connectivity index (χ4n) is 1.89. The highest BCUT2D eigenvalue weighted by atomic mass is 35.5. The van der Waals surface area contributed by atoms with E-state index in [1.807, 2.05) is 6.07 Å². The monoisotopic (exact) mass is 253 g/mol. The van der Waals surface area contributed by atoms with Gasteiger partial charge in [-0.3, -0.25) is 0 Å². The fraction of sp³-hybridized carbons (Fsp3) is 0.250.